The van der Waals surface area contributed by atoms with Crippen molar-refractivity contribution in [2.45, 2.75) is 70.5 Å². The van der Waals surface area contributed by atoms with Crippen molar-refractivity contribution in [1.29, 1.82) is 0 Å². The Morgan fingerprint density at radius 1 is 1.05 bits per heavy atom. The molecule has 40 heavy (non-hydrogen) atoms. The molecule has 0 amide bonds. The van der Waals surface area contributed by atoms with Gasteiger partial charge in [-0.2, -0.15) is 0 Å². The number of aliphatic hydroxyl groups is 3. The lowest BCUT2D eigenvalue weighted by atomic mass is 9.32. The number of aliphatic hydroxyl groups excluding tert-OH is 2. The third-order valence-electron chi connectivity index (χ3n) is 12.6. The molecule has 2 spiro atoms. The Hall–Kier alpha value is -1.83. The Kier molecular flexibility index (Phi) is 5.97. The van der Waals surface area contributed by atoms with Crippen LogP contribution >= 0.6 is 11.3 Å². The van der Waals surface area contributed by atoms with E-state index in [1.165, 1.54) is 0 Å². The average Bonchev–Trinajstić information content (AvgIpc) is 3.47. The maximum absolute atomic E-state index is 14.7. The van der Waals surface area contributed by atoms with Gasteiger partial charge in [0.1, 0.15) is 0 Å². The highest BCUT2D eigenvalue weighted by atomic mass is 32.1. The van der Waals surface area contributed by atoms with E-state index in [-0.39, 0.29) is 40.7 Å². The Bertz CT molecular complexity index is 1400. The number of thiophene rings is 1. The van der Waals surface area contributed by atoms with Crippen LogP contribution in [0.5, 0.6) is 0 Å². The van der Waals surface area contributed by atoms with Gasteiger partial charge in [0.15, 0.2) is 5.78 Å². The molecule has 6 aliphatic carbocycles. The SMILES string of the molecule is CN(CCO)CC1(O)CCC2C34C=CC5(C=C3C(=O)c3cc6ccccc6s3)CC(O)CCC5(C)C4CCC21C. The van der Waals surface area contributed by atoms with Gasteiger partial charge in [-0.1, -0.05) is 50.3 Å². The zero-order chi connectivity index (χ0) is 28.1. The minimum absolute atomic E-state index is 0.0271. The standard InChI is InChI=1S/C34H43NO4S/c1-30-11-8-23(37)19-32(30)14-15-34(24(20-32)29(38)26-18-22-6-4-5-7-25(22)40-26)27(30)9-12-31(2)28(34)10-13-33(31,39)21-35(3)16-17-36/h4-7,14-15,18,20,23,27-28,36-37,39H,8-13,16-17,19,21H2,1-3H3. The van der Waals surface area contributed by atoms with Crippen molar-refractivity contribution in [3.05, 3.63) is 59.0 Å². The first-order chi connectivity index (χ1) is 19.0. The van der Waals surface area contributed by atoms with Gasteiger partial charge in [0.2, 0.25) is 0 Å². The van der Waals surface area contributed by atoms with E-state index in [2.05, 4.69) is 55.2 Å². The Morgan fingerprint density at radius 2 is 1.77 bits per heavy atom. The van der Waals surface area contributed by atoms with Crippen molar-refractivity contribution in [2.24, 2.45) is 33.5 Å². The van der Waals surface area contributed by atoms with Gasteiger partial charge in [-0.05, 0) is 86.8 Å². The second-order valence-electron chi connectivity index (χ2n) is 14.2. The number of hydrogen-bond donors (Lipinski definition) is 3. The van der Waals surface area contributed by atoms with Crippen molar-refractivity contribution in [3.8, 4) is 0 Å². The number of nitrogens with zero attached hydrogens (tertiary/aromatic N) is 1. The van der Waals surface area contributed by atoms with Gasteiger partial charge in [0, 0.05) is 39.6 Å². The van der Waals surface area contributed by atoms with E-state index in [4.69, 9.17) is 0 Å². The first kappa shape index (κ1) is 27.0. The van der Waals surface area contributed by atoms with Crippen LogP contribution in [0, 0.1) is 33.5 Å². The predicted octanol–water partition coefficient (Wildman–Crippen LogP) is 5.60. The van der Waals surface area contributed by atoms with Crippen LogP contribution in [-0.2, 0) is 0 Å². The lowest BCUT2D eigenvalue weighted by molar-refractivity contribution is -0.175. The number of carbonyl (C=O) groups is 1. The highest BCUT2D eigenvalue weighted by Gasteiger charge is 2.74. The molecule has 2 aromatic rings. The Morgan fingerprint density at radius 3 is 2.55 bits per heavy atom. The first-order valence-corrected chi connectivity index (χ1v) is 16.0. The molecular formula is C34H43NO4S. The summed E-state index contributed by atoms with van der Waals surface area (Å²) < 4.78 is 1.13. The second kappa shape index (κ2) is 8.84. The molecule has 1 aromatic heterocycles. The van der Waals surface area contributed by atoms with Crippen LogP contribution < -0.4 is 0 Å². The molecule has 214 valence electrons. The fraction of sp³-hybridized carbons (Fsp3) is 0.618. The van der Waals surface area contributed by atoms with Crippen LogP contribution in [0.1, 0.15) is 68.5 Å². The summed E-state index contributed by atoms with van der Waals surface area (Å²) in [4.78, 5) is 17.6. The van der Waals surface area contributed by atoms with E-state index in [0.29, 0.717) is 31.8 Å². The van der Waals surface area contributed by atoms with Gasteiger partial charge in [-0.3, -0.25) is 4.79 Å². The maximum atomic E-state index is 14.7. The van der Waals surface area contributed by atoms with Crippen molar-refractivity contribution < 1.29 is 20.1 Å². The van der Waals surface area contributed by atoms with Crippen LogP contribution in [0.2, 0.25) is 0 Å². The fourth-order valence-electron chi connectivity index (χ4n) is 10.5. The first-order valence-electron chi connectivity index (χ1n) is 15.2. The van der Waals surface area contributed by atoms with Crippen LogP contribution in [0.15, 0.2) is 54.1 Å². The van der Waals surface area contributed by atoms with Crippen molar-refractivity contribution in [3.63, 3.8) is 0 Å². The number of carbonyl (C=O) groups excluding carboxylic acids is 1. The number of rotatable bonds is 6. The number of benzene rings is 1. The molecule has 6 aliphatic rings. The van der Waals surface area contributed by atoms with Crippen LogP contribution in [0.4, 0.5) is 0 Å². The highest BCUT2D eigenvalue weighted by molar-refractivity contribution is 7.21. The monoisotopic (exact) mass is 561 g/mol. The summed E-state index contributed by atoms with van der Waals surface area (Å²) in [5.74, 6) is 0.578. The number of allylic oxidation sites excluding steroid dienone is 4. The van der Waals surface area contributed by atoms with Gasteiger partial charge < -0.3 is 20.2 Å². The van der Waals surface area contributed by atoms with Gasteiger partial charge in [-0.15, -0.1) is 11.3 Å². The van der Waals surface area contributed by atoms with Gasteiger partial charge in [-0.25, -0.2) is 0 Å². The second-order valence-corrected chi connectivity index (χ2v) is 15.3. The molecule has 6 heteroatoms. The van der Waals surface area contributed by atoms with E-state index in [9.17, 15) is 20.1 Å². The third kappa shape index (κ3) is 3.32. The van der Waals surface area contributed by atoms with E-state index in [1.54, 1.807) is 11.3 Å². The number of Topliss-reactive ketones (excluding diaryl/α,β-unsaturated/α-hetero) is 1. The van der Waals surface area contributed by atoms with E-state index in [0.717, 1.165) is 52.6 Å². The summed E-state index contributed by atoms with van der Waals surface area (Å²) in [6, 6.07) is 10.3. The van der Waals surface area contributed by atoms with Crippen LogP contribution in [-0.4, -0.2) is 64.5 Å². The fourth-order valence-corrected chi connectivity index (χ4v) is 11.5. The predicted molar refractivity (Wildman–Crippen MR) is 159 cm³/mol. The van der Waals surface area contributed by atoms with Gasteiger partial charge >= 0.3 is 0 Å². The molecule has 8 rings (SSSR count). The maximum Gasteiger partial charge on any atom is 0.199 e. The summed E-state index contributed by atoms with van der Waals surface area (Å²) >= 11 is 1.58. The highest BCUT2D eigenvalue weighted by Crippen LogP contribution is 2.78. The van der Waals surface area contributed by atoms with Crippen LogP contribution in [0.3, 0.4) is 0 Å². The molecule has 1 heterocycles. The topological polar surface area (TPSA) is 81.0 Å². The largest absolute Gasteiger partial charge is 0.395 e. The summed E-state index contributed by atoms with van der Waals surface area (Å²) in [7, 11) is 1.98. The molecule has 1 aromatic carbocycles. The smallest absolute Gasteiger partial charge is 0.199 e. The quantitative estimate of drug-likeness (QED) is 0.316. The molecule has 0 radical (unpaired) electrons. The minimum Gasteiger partial charge on any atom is -0.395 e. The summed E-state index contributed by atoms with van der Waals surface area (Å²) in [5.41, 5.74) is -1.08. The molecule has 3 fully saturated rings. The average molecular weight is 562 g/mol. The molecule has 5 nitrogen and oxygen atoms in total. The lowest BCUT2D eigenvalue weighted by Gasteiger charge is -2.71. The van der Waals surface area contributed by atoms with E-state index in [1.807, 2.05) is 19.2 Å². The van der Waals surface area contributed by atoms with E-state index >= 15 is 0 Å². The molecule has 8 unspecified atom stereocenters. The van der Waals surface area contributed by atoms with Crippen molar-refractivity contribution >= 4 is 27.2 Å². The molecule has 0 saturated heterocycles. The summed E-state index contributed by atoms with van der Waals surface area (Å²) in [6.45, 7) is 5.85. The zero-order valence-electron chi connectivity index (χ0n) is 24.0. The van der Waals surface area contributed by atoms with Crippen LogP contribution in [0.25, 0.3) is 10.1 Å². The van der Waals surface area contributed by atoms with Crippen molar-refractivity contribution in [1.82, 2.24) is 4.90 Å². The van der Waals surface area contributed by atoms with E-state index < -0.39 is 11.0 Å². The third-order valence-corrected chi connectivity index (χ3v) is 13.7. The van der Waals surface area contributed by atoms with Crippen molar-refractivity contribution in [2.75, 3.05) is 26.7 Å². The molecule has 2 bridgehead atoms. The number of likely N-dealkylation sites (N-methyl/N-ethyl adjacent to an activating group) is 1. The number of ketones is 1. The van der Waals surface area contributed by atoms with Gasteiger partial charge in [0.05, 0.1) is 23.2 Å². The number of fused-ring (bicyclic) bond motifs is 2. The molecule has 8 atom stereocenters. The summed E-state index contributed by atoms with van der Waals surface area (Å²) in [6.07, 6.45) is 12.6. The number of hydrogen-bond acceptors (Lipinski definition) is 6. The lowest BCUT2D eigenvalue weighted by Crippen LogP contribution is -2.67. The molecule has 3 saturated carbocycles. The molecule has 3 N–H and O–H groups in total. The van der Waals surface area contributed by atoms with Gasteiger partial charge in [0.25, 0.3) is 0 Å². The molecular weight excluding hydrogens is 518 g/mol. The zero-order valence-corrected chi connectivity index (χ0v) is 24.8. The Labute approximate surface area is 241 Å². The minimum atomic E-state index is -0.878. The normalized spacial score (nSPS) is 43.5. The Balaban J connectivity index is 1.39. The summed E-state index contributed by atoms with van der Waals surface area (Å²) in [5, 5.41) is 33.9. The molecule has 0 aliphatic heterocycles.